The van der Waals surface area contributed by atoms with Crippen molar-refractivity contribution in [2.75, 3.05) is 25.1 Å². The molecule has 1 aromatic carbocycles. The lowest BCUT2D eigenvalue weighted by Gasteiger charge is -2.34. The number of amides is 1. The van der Waals surface area contributed by atoms with E-state index >= 15 is 0 Å². The highest BCUT2D eigenvalue weighted by Crippen LogP contribution is 2.34. The van der Waals surface area contributed by atoms with Gasteiger partial charge in [0.2, 0.25) is 11.9 Å². The van der Waals surface area contributed by atoms with E-state index in [1.54, 1.807) is 7.11 Å². The van der Waals surface area contributed by atoms with E-state index in [2.05, 4.69) is 22.1 Å². The molecule has 5 rings (SSSR count). The number of methoxy groups -OCH3 is 1. The van der Waals surface area contributed by atoms with Crippen molar-refractivity contribution in [2.45, 2.75) is 51.5 Å². The molecule has 7 nitrogen and oxygen atoms in total. The lowest BCUT2D eigenvalue weighted by atomic mass is 9.87. The normalized spacial score (nSPS) is 23.1. The van der Waals surface area contributed by atoms with Crippen LogP contribution in [0.15, 0.2) is 34.4 Å². The molecule has 0 spiro atoms. The maximum absolute atomic E-state index is 13.0. The van der Waals surface area contributed by atoms with Crippen molar-refractivity contribution >= 4 is 33.4 Å². The third kappa shape index (κ3) is 4.69. The van der Waals surface area contributed by atoms with E-state index in [9.17, 15) is 9.59 Å². The van der Waals surface area contributed by atoms with Gasteiger partial charge in [-0.3, -0.25) is 14.6 Å². The van der Waals surface area contributed by atoms with Crippen LogP contribution in [-0.4, -0.2) is 42.1 Å². The molecule has 0 bridgehead atoms. The number of anilines is 1. The van der Waals surface area contributed by atoms with Gasteiger partial charge >= 0.3 is 0 Å². The molecule has 3 heterocycles. The van der Waals surface area contributed by atoms with Gasteiger partial charge in [0.15, 0.2) is 0 Å². The summed E-state index contributed by atoms with van der Waals surface area (Å²) >= 11 is 1.40. The Morgan fingerprint density at radius 3 is 2.85 bits per heavy atom. The maximum atomic E-state index is 13.0. The van der Waals surface area contributed by atoms with E-state index in [4.69, 9.17) is 9.72 Å². The Labute approximate surface area is 203 Å². The second-order valence-corrected chi connectivity index (χ2v) is 10.6. The summed E-state index contributed by atoms with van der Waals surface area (Å²) in [5, 5.41) is 5.27. The van der Waals surface area contributed by atoms with Crippen molar-refractivity contribution in [1.29, 1.82) is 0 Å². The minimum absolute atomic E-state index is 0.0885. The molecule has 1 atom stereocenters. The summed E-state index contributed by atoms with van der Waals surface area (Å²) in [6, 6.07) is 8.09. The highest BCUT2D eigenvalue weighted by Gasteiger charge is 2.30. The van der Waals surface area contributed by atoms with Crippen molar-refractivity contribution in [2.24, 2.45) is 11.8 Å². The molecule has 2 aliphatic rings. The molecular weight excluding hydrogens is 448 g/mol. The van der Waals surface area contributed by atoms with Crippen LogP contribution in [0.3, 0.4) is 0 Å². The number of thiophene rings is 1. The van der Waals surface area contributed by atoms with Crippen molar-refractivity contribution in [3.8, 4) is 16.9 Å². The molecule has 1 saturated heterocycles. The summed E-state index contributed by atoms with van der Waals surface area (Å²) in [4.78, 5) is 35.8. The van der Waals surface area contributed by atoms with E-state index in [1.807, 2.05) is 29.6 Å². The van der Waals surface area contributed by atoms with E-state index < -0.39 is 0 Å². The first-order valence-electron chi connectivity index (χ1n) is 12.2. The van der Waals surface area contributed by atoms with Crippen molar-refractivity contribution in [1.82, 2.24) is 15.3 Å². The van der Waals surface area contributed by atoms with Crippen LogP contribution in [0.4, 0.5) is 5.95 Å². The third-order valence-electron chi connectivity index (χ3n) is 7.25. The van der Waals surface area contributed by atoms with Gasteiger partial charge < -0.3 is 15.0 Å². The topological polar surface area (TPSA) is 87.3 Å². The molecule has 1 aliphatic carbocycles. The highest BCUT2D eigenvalue weighted by molar-refractivity contribution is 7.17. The number of benzene rings is 1. The predicted molar refractivity (Wildman–Crippen MR) is 137 cm³/mol. The van der Waals surface area contributed by atoms with Crippen LogP contribution in [0.2, 0.25) is 0 Å². The van der Waals surface area contributed by atoms with Gasteiger partial charge in [0.1, 0.15) is 10.4 Å². The average molecular weight is 481 g/mol. The number of ether oxygens (including phenoxy) is 1. The Hall–Kier alpha value is -2.87. The van der Waals surface area contributed by atoms with Crippen LogP contribution in [0.5, 0.6) is 5.75 Å². The van der Waals surface area contributed by atoms with Gasteiger partial charge in [0.25, 0.3) is 5.56 Å². The first kappa shape index (κ1) is 22.9. The molecule has 1 aliphatic heterocycles. The third-order valence-corrected chi connectivity index (χ3v) is 8.22. The molecule has 1 saturated carbocycles. The summed E-state index contributed by atoms with van der Waals surface area (Å²) in [5.74, 6) is 2.12. The standard InChI is InChI=1S/C26H32N4O3S/c1-16-8-10-19(11-9-16)27-24(31)18-6-4-12-30(14-18)26-28-22-21(15-34-23(22)25(32)29-26)17-5-3-7-20(13-17)33-2/h3,5,7,13,15-16,18-19H,4,6,8-12,14H2,1-2H3,(H,27,31)(H,28,29,32)/t16?,18-,19?/m1/s1. The lowest BCUT2D eigenvalue weighted by Crippen LogP contribution is -2.47. The van der Waals surface area contributed by atoms with Crippen LogP contribution >= 0.6 is 11.3 Å². The molecule has 180 valence electrons. The fourth-order valence-corrected chi connectivity index (χ4v) is 6.08. The highest BCUT2D eigenvalue weighted by atomic mass is 32.1. The van der Waals surface area contributed by atoms with Crippen molar-refractivity contribution in [3.05, 3.63) is 40.0 Å². The van der Waals surface area contributed by atoms with Crippen LogP contribution in [0, 0.1) is 11.8 Å². The predicted octanol–water partition coefficient (Wildman–Crippen LogP) is 4.57. The fourth-order valence-electron chi connectivity index (χ4n) is 5.17. The molecule has 2 N–H and O–H groups in total. The number of H-pyrrole nitrogens is 1. The number of hydrogen-bond acceptors (Lipinski definition) is 6. The van der Waals surface area contributed by atoms with E-state index in [0.29, 0.717) is 28.8 Å². The first-order valence-corrected chi connectivity index (χ1v) is 13.1. The molecule has 0 unspecified atom stereocenters. The van der Waals surface area contributed by atoms with Gasteiger partial charge in [-0.15, -0.1) is 11.3 Å². The summed E-state index contributed by atoms with van der Waals surface area (Å²) in [6.07, 6.45) is 6.27. The number of fused-ring (bicyclic) bond motifs is 1. The molecule has 2 aromatic heterocycles. The molecule has 2 fully saturated rings. The SMILES string of the molecule is COc1cccc(-c2csc3c(=O)[nH]c(N4CCC[C@@H](C(=O)NC5CCC(C)CC5)C4)nc23)c1. The smallest absolute Gasteiger partial charge is 0.270 e. The lowest BCUT2D eigenvalue weighted by molar-refractivity contribution is -0.126. The number of nitrogens with zero attached hydrogens (tertiary/aromatic N) is 2. The van der Waals surface area contributed by atoms with Gasteiger partial charge in [-0.05, 0) is 62.1 Å². The van der Waals surface area contributed by atoms with Gasteiger partial charge in [0.05, 0.1) is 18.5 Å². The van der Waals surface area contributed by atoms with Crippen LogP contribution in [0.25, 0.3) is 21.3 Å². The van der Waals surface area contributed by atoms with Gasteiger partial charge in [-0.25, -0.2) is 4.98 Å². The van der Waals surface area contributed by atoms with Crippen molar-refractivity contribution in [3.63, 3.8) is 0 Å². The maximum Gasteiger partial charge on any atom is 0.270 e. The second-order valence-electron chi connectivity index (χ2n) is 9.70. The number of rotatable bonds is 5. The fraction of sp³-hybridized carbons (Fsp3) is 0.500. The summed E-state index contributed by atoms with van der Waals surface area (Å²) in [5.41, 5.74) is 2.44. The largest absolute Gasteiger partial charge is 0.497 e. The Kier molecular flexibility index (Phi) is 6.59. The monoisotopic (exact) mass is 480 g/mol. The van der Waals surface area contributed by atoms with Crippen molar-refractivity contribution < 1.29 is 9.53 Å². The second kappa shape index (κ2) is 9.78. The Morgan fingerprint density at radius 1 is 1.24 bits per heavy atom. The van der Waals surface area contributed by atoms with Crippen LogP contribution < -0.4 is 20.5 Å². The minimum atomic E-state index is -0.137. The summed E-state index contributed by atoms with van der Waals surface area (Å²) < 4.78 is 5.98. The Morgan fingerprint density at radius 2 is 2.06 bits per heavy atom. The summed E-state index contributed by atoms with van der Waals surface area (Å²) in [6.45, 7) is 3.63. The number of carbonyl (C=O) groups excluding carboxylic acids is 1. The number of nitrogens with one attached hydrogen (secondary N) is 2. The van der Waals surface area contributed by atoms with Gasteiger partial charge in [0, 0.05) is 30.1 Å². The zero-order chi connectivity index (χ0) is 23.7. The number of carbonyl (C=O) groups is 1. The van der Waals surface area contributed by atoms with Gasteiger partial charge in [-0.1, -0.05) is 19.1 Å². The molecule has 3 aromatic rings. The molecule has 8 heteroatoms. The van der Waals surface area contributed by atoms with E-state index in [0.717, 1.165) is 55.0 Å². The van der Waals surface area contributed by atoms with Gasteiger partial charge in [-0.2, -0.15) is 0 Å². The van der Waals surface area contributed by atoms with E-state index in [-0.39, 0.29) is 17.4 Å². The zero-order valence-electron chi connectivity index (χ0n) is 19.8. The number of piperidine rings is 1. The molecule has 34 heavy (non-hydrogen) atoms. The molecule has 0 radical (unpaired) electrons. The van der Waals surface area contributed by atoms with E-state index in [1.165, 1.54) is 24.2 Å². The van der Waals surface area contributed by atoms with Crippen LogP contribution in [0.1, 0.15) is 45.4 Å². The average Bonchev–Trinajstić information content (AvgIpc) is 3.30. The number of aromatic amines is 1. The number of hydrogen-bond donors (Lipinski definition) is 2. The molecular formula is C26H32N4O3S. The first-order chi connectivity index (χ1) is 16.5. The Balaban J connectivity index is 1.37. The number of aromatic nitrogens is 2. The minimum Gasteiger partial charge on any atom is -0.497 e. The Bertz CT molecular complexity index is 1230. The molecule has 1 amide bonds. The quantitative estimate of drug-likeness (QED) is 0.559. The zero-order valence-corrected chi connectivity index (χ0v) is 20.6. The summed E-state index contributed by atoms with van der Waals surface area (Å²) in [7, 11) is 1.64. The van der Waals surface area contributed by atoms with Crippen LogP contribution in [-0.2, 0) is 4.79 Å².